The van der Waals surface area contributed by atoms with Crippen molar-refractivity contribution in [3.8, 4) is 0 Å². The van der Waals surface area contributed by atoms with Gasteiger partial charge in [0, 0.05) is 0 Å². The monoisotopic (exact) mass is 246 g/mol. The quantitative estimate of drug-likeness (QED) is 0.315. The zero-order valence-electron chi connectivity index (χ0n) is 7.07. The molecule has 70 valence electrons. The third-order valence-electron chi connectivity index (χ3n) is 1.89. The van der Waals surface area contributed by atoms with Crippen LogP contribution in [0.25, 0.3) is 20.9 Å². The van der Waals surface area contributed by atoms with Gasteiger partial charge < -0.3 is 0 Å². The minimum atomic E-state index is 0.475. The van der Waals surface area contributed by atoms with Crippen LogP contribution in [0.2, 0.25) is 9.63 Å². The van der Waals surface area contributed by atoms with E-state index >= 15 is 0 Å². The van der Waals surface area contributed by atoms with E-state index in [-0.39, 0.29) is 0 Å². The van der Waals surface area contributed by atoms with E-state index in [2.05, 4.69) is 20.1 Å². The summed E-state index contributed by atoms with van der Waals surface area (Å²) in [6, 6.07) is 0. The van der Waals surface area contributed by atoms with Gasteiger partial charge in [-0.05, 0) is 0 Å². The molecule has 1 rings (SSSR count). The van der Waals surface area contributed by atoms with Crippen LogP contribution in [-0.4, -0.2) is 28.0 Å². The van der Waals surface area contributed by atoms with Crippen molar-refractivity contribution in [2.75, 3.05) is 13.1 Å². The van der Waals surface area contributed by atoms with E-state index in [1.165, 1.54) is 0 Å². The van der Waals surface area contributed by atoms with Gasteiger partial charge in [0.15, 0.2) is 0 Å². The summed E-state index contributed by atoms with van der Waals surface area (Å²) in [5.41, 5.74) is 16.3. The predicted octanol–water partition coefficient (Wildman–Crippen LogP) is 2.68. The molecule has 1 aliphatic heterocycles. The van der Waals surface area contributed by atoms with Crippen LogP contribution in [0.4, 0.5) is 0 Å². The Kier molecular flexibility index (Phi) is 4.50. The second-order valence-electron chi connectivity index (χ2n) is 2.78. The third-order valence-corrected chi connectivity index (χ3v) is 5.12. The molecule has 2 unspecified atom stereocenters. The van der Waals surface area contributed by atoms with Crippen molar-refractivity contribution in [1.82, 2.24) is 0 Å². The van der Waals surface area contributed by atoms with Crippen molar-refractivity contribution in [3.63, 3.8) is 0 Å². The molecule has 0 spiro atoms. The number of nitrogens with zero attached hydrogens (tertiary/aromatic N) is 6. The average Bonchev–Trinajstić information content (AvgIpc) is 2.59. The Morgan fingerprint density at radius 3 is 1.92 bits per heavy atom. The molecule has 0 aromatic rings. The zero-order chi connectivity index (χ0) is 9.52. The van der Waals surface area contributed by atoms with Gasteiger partial charge in [-0.3, -0.25) is 0 Å². The average molecular weight is 245 g/mol. The van der Waals surface area contributed by atoms with Crippen LogP contribution in [-0.2, 0) is 0 Å². The number of hydrogen-bond donors (Lipinski definition) is 0. The van der Waals surface area contributed by atoms with Crippen LogP contribution >= 0.6 is 0 Å². The van der Waals surface area contributed by atoms with Crippen LogP contribution in [0.3, 0.4) is 0 Å². The Hall–Kier alpha value is -0.861. The van der Waals surface area contributed by atoms with Gasteiger partial charge in [0.25, 0.3) is 0 Å². The summed E-state index contributed by atoms with van der Waals surface area (Å²) in [4.78, 5) is 6.59. The Labute approximate surface area is 82.1 Å². The Balaban J connectivity index is 2.27. The fourth-order valence-corrected chi connectivity index (χ4v) is 4.23. The molecule has 0 amide bonds. The van der Waals surface area contributed by atoms with Crippen molar-refractivity contribution < 1.29 is 0 Å². The van der Waals surface area contributed by atoms with Gasteiger partial charge in [-0.15, -0.1) is 0 Å². The predicted molar refractivity (Wildman–Crippen MR) is 50.5 cm³/mol. The number of azide groups is 2. The summed E-state index contributed by atoms with van der Waals surface area (Å²) >= 11 is 0.475. The Bertz CT molecular complexity index is 228. The van der Waals surface area contributed by atoms with Gasteiger partial charge in [0.1, 0.15) is 0 Å². The van der Waals surface area contributed by atoms with Gasteiger partial charge in [0.2, 0.25) is 0 Å². The van der Waals surface area contributed by atoms with Gasteiger partial charge in [-0.25, -0.2) is 0 Å². The summed E-state index contributed by atoms with van der Waals surface area (Å²) in [5, 5.41) is 7.12. The van der Waals surface area contributed by atoms with Crippen molar-refractivity contribution >= 4 is 15.0 Å². The zero-order valence-corrected chi connectivity index (χ0v) is 8.79. The molecular formula is C6H10N6Se. The molecule has 1 saturated heterocycles. The minimum absolute atomic E-state index is 0.475. The maximum atomic E-state index is 8.13. The number of rotatable bonds is 4. The molecule has 0 N–H and O–H groups in total. The van der Waals surface area contributed by atoms with E-state index < -0.39 is 0 Å². The van der Waals surface area contributed by atoms with Crippen LogP contribution in [0.1, 0.15) is 12.8 Å². The molecule has 0 saturated carbocycles. The van der Waals surface area contributed by atoms with Crippen molar-refractivity contribution in [3.05, 3.63) is 20.9 Å². The van der Waals surface area contributed by atoms with E-state index in [0.29, 0.717) is 37.7 Å². The summed E-state index contributed by atoms with van der Waals surface area (Å²) in [6.07, 6.45) is 2.23. The van der Waals surface area contributed by atoms with Gasteiger partial charge in [-0.2, -0.15) is 0 Å². The van der Waals surface area contributed by atoms with Crippen LogP contribution in [0, 0.1) is 0 Å². The SMILES string of the molecule is [N-]=[N+]=NCC1CCC(CN=[N+]=[N-])[Se]1. The van der Waals surface area contributed by atoms with Gasteiger partial charge in [-0.1, -0.05) is 0 Å². The van der Waals surface area contributed by atoms with E-state index in [1.54, 1.807) is 0 Å². The molecule has 0 radical (unpaired) electrons. The fourth-order valence-electron chi connectivity index (χ4n) is 1.30. The normalized spacial score (nSPS) is 26.2. The van der Waals surface area contributed by atoms with Crippen molar-refractivity contribution in [1.29, 1.82) is 0 Å². The molecule has 1 aliphatic rings. The molecule has 0 bridgehead atoms. The second-order valence-corrected chi connectivity index (χ2v) is 6.15. The van der Waals surface area contributed by atoms with Crippen molar-refractivity contribution in [2.45, 2.75) is 22.5 Å². The first-order valence-electron chi connectivity index (χ1n) is 4.04. The van der Waals surface area contributed by atoms with Crippen LogP contribution < -0.4 is 0 Å². The molecule has 1 fully saturated rings. The van der Waals surface area contributed by atoms with Crippen LogP contribution in [0.15, 0.2) is 10.2 Å². The first kappa shape index (κ1) is 10.2. The van der Waals surface area contributed by atoms with E-state index in [1.807, 2.05) is 0 Å². The topological polar surface area (TPSA) is 97.5 Å². The molecule has 0 aliphatic carbocycles. The molecule has 1 heterocycles. The summed E-state index contributed by atoms with van der Waals surface area (Å²) in [7, 11) is 0. The molecule has 2 atom stereocenters. The first-order valence-corrected chi connectivity index (χ1v) is 6.01. The second kappa shape index (κ2) is 5.73. The molecule has 6 nitrogen and oxygen atoms in total. The third kappa shape index (κ3) is 3.57. The van der Waals surface area contributed by atoms with Gasteiger partial charge in [0.05, 0.1) is 0 Å². The fraction of sp³-hybridized carbons (Fsp3) is 1.00. The van der Waals surface area contributed by atoms with E-state index in [4.69, 9.17) is 11.1 Å². The van der Waals surface area contributed by atoms with E-state index in [9.17, 15) is 0 Å². The first-order chi connectivity index (χ1) is 6.36. The van der Waals surface area contributed by atoms with Crippen LogP contribution in [0.5, 0.6) is 0 Å². The maximum absolute atomic E-state index is 8.13. The summed E-state index contributed by atoms with van der Waals surface area (Å²) in [5.74, 6) is 0. The molecule has 0 aromatic heterocycles. The molecule has 7 heteroatoms. The standard InChI is InChI=1S/C6H10N6Se/c7-11-9-3-5-1-2-6(13-5)4-10-12-8/h5-6H,1-4H2. The summed E-state index contributed by atoms with van der Waals surface area (Å²) in [6.45, 7) is 1.23. The Morgan fingerprint density at radius 1 is 1.08 bits per heavy atom. The molecule has 13 heavy (non-hydrogen) atoms. The van der Waals surface area contributed by atoms with Gasteiger partial charge >= 0.3 is 81.6 Å². The number of hydrogen-bond acceptors (Lipinski definition) is 2. The summed E-state index contributed by atoms with van der Waals surface area (Å²) < 4.78 is 0. The molecule has 0 aromatic carbocycles. The van der Waals surface area contributed by atoms with E-state index in [0.717, 1.165) is 12.8 Å². The Morgan fingerprint density at radius 2 is 1.54 bits per heavy atom. The molecular weight excluding hydrogens is 235 g/mol. The van der Waals surface area contributed by atoms with Crippen molar-refractivity contribution in [2.24, 2.45) is 10.2 Å².